The quantitative estimate of drug-likeness (QED) is 0.601. The van der Waals surface area contributed by atoms with Gasteiger partial charge in [-0.15, -0.1) is 11.3 Å². The van der Waals surface area contributed by atoms with Crippen LogP contribution in [0.15, 0.2) is 44.7 Å². The largest absolute Gasteiger partial charge is 0.271 e. The standard InChI is InChI=1S/C13H14Br2N2S/c14-10-3-1-2-9(6-10)7-11(17-16)8-13-12(15)4-5-18-13/h1-6,11,17H,7-8,16H2. The molecule has 1 aromatic carbocycles. The Balaban J connectivity index is 2.04. The predicted molar refractivity (Wildman–Crippen MR) is 84.7 cm³/mol. The zero-order valence-electron chi connectivity index (χ0n) is 9.70. The molecule has 0 saturated carbocycles. The molecular formula is C13H14Br2N2S. The summed E-state index contributed by atoms with van der Waals surface area (Å²) in [7, 11) is 0. The molecule has 0 fully saturated rings. The molecular weight excluding hydrogens is 376 g/mol. The molecule has 3 N–H and O–H groups in total. The molecule has 2 aromatic rings. The van der Waals surface area contributed by atoms with Crippen LogP contribution in [-0.4, -0.2) is 6.04 Å². The van der Waals surface area contributed by atoms with E-state index >= 15 is 0 Å². The van der Waals surface area contributed by atoms with Gasteiger partial charge in [0, 0.05) is 19.9 Å². The lowest BCUT2D eigenvalue weighted by atomic mass is 10.0. The highest BCUT2D eigenvalue weighted by Crippen LogP contribution is 2.24. The monoisotopic (exact) mass is 388 g/mol. The highest BCUT2D eigenvalue weighted by atomic mass is 79.9. The van der Waals surface area contributed by atoms with Crippen LogP contribution in [0.25, 0.3) is 0 Å². The maximum absolute atomic E-state index is 5.65. The number of hydrogen-bond donors (Lipinski definition) is 2. The molecule has 1 unspecified atom stereocenters. The summed E-state index contributed by atoms with van der Waals surface area (Å²) in [6.45, 7) is 0. The summed E-state index contributed by atoms with van der Waals surface area (Å²) in [5.74, 6) is 5.65. The minimum absolute atomic E-state index is 0.245. The van der Waals surface area contributed by atoms with Crippen molar-refractivity contribution >= 4 is 43.2 Å². The van der Waals surface area contributed by atoms with Crippen molar-refractivity contribution in [2.24, 2.45) is 5.84 Å². The van der Waals surface area contributed by atoms with Crippen LogP contribution in [0.3, 0.4) is 0 Å². The first-order chi connectivity index (χ1) is 8.69. The van der Waals surface area contributed by atoms with Gasteiger partial charge in [0.15, 0.2) is 0 Å². The van der Waals surface area contributed by atoms with E-state index in [0.29, 0.717) is 0 Å². The van der Waals surface area contributed by atoms with Crippen molar-refractivity contribution in [3.63, 3.8) is 0 Å². The molecule has 0 amide bonds. The number of nitrogens with two attached hydrogens (primary N) is 1. The van der Waals surface area contributed by atoms with Crippen molar-refractivity contribution in [3.8, 4) is 0 Å². The van der Waals surface area contributed by atoms with Gasteiger partial charge in [0.25, 0.3) is 0 Å². The first-order valence-corrected chi connectivity index (χ1v) is 8.08. The van der Waals surface area contributed by atoms with E-state index in [-0.39, 0.29) is 6.04 Å². The third-order valence-electron chi connectivity index (χ3n) is 2.73. The second-order valence-electron chi connectivity index (χ2n) is 4.09. The Labute approximate surface area is 128 Å². The van der Waals surface area contributed by atoms with Crippen LogP contribution in [-0.2, 0) is 12.8 Å². The number of hydrazine groups is 1. The Bertz CT molecular complexity index is 513. The smallest absolute Gasteiger partial charge is 0.0314 e. The van der Waals surface area contributed by atoms with Gasteiger partial charge in [-0.2, -0.15) is 0 Å². The molecule has 0 radical (unpaired) electrons. The van der Waals surface area contributed by atoms with Gasteiger partial charge in [-0.05, 0) is 57.9 Å². The van der Waals surface area contributed by atoms with Crippen LogP contribution in [0.1, 0.15) is 10.4 Å². The van der Waals surface area contributed by atoms with Crippen molar-refractivity contribution in [2.75, 3.05) is 0 Å². The average Bonchev–Trinajstić information content (AvgIpc) is 2.74. The highest BCUT2D eigenvalue weighted by molar-refractivity contribution is 9.10. The normalized spacial score (nSPS) is 12.6. The van der Waals surface area contributed by atoms with Gasteiger partial charge in [-0.3, -0.25) is 11.3 Å². The summed E-state index contributed by atoms with van der Waals surface area (Å²) in [5, 5.41) is 2.09. The number of rotatable bonds is 5. The van der Waals surface area contributed by atoms with Gasteiger partial charge in [-0.1, -0.05) is 28.1 Å². The van der Waals surface area contributed by atoms with Gasteiger partial charge in [0.1, 0.15) is 0 Å². The summed E-state index contributed by atoms with van der Waals surface area (Å²) >= 11 is 8.80. The first-order valence-electron chi connectivity index (χ1n) is 5.61. The minimum atomic E-state index is 0.245. The minimum Gasteiger partial charge on any atom is -0.271 e. The van der Waals surface area contributed by atoms with Crippen LogP contribution in [0.4, 0.5) is 0 Å². The van der Waals surface area contributed by atoms with Crippen LogP contribution < -0.4 is 11.3 Å². The van der Waals surface area contributed by atoms with Crippen LogP contribution in [0, 0.1) is 0 Å². The summed E-state index contributed by atoms with van der Waals surface area (Å²) in [5.41, 5.74) is 4.18. The predicted octanol–water partition coefficient (Wildman–Crippen LogP) is 3.89. The van der Waals surface area contributed by atoms with E-state index < -0.39 is 0 Å². The third-order valence-corrected chi connectivity index (χ3v) is 5.17. The Morgan fingerprint density at radius 3 is 2.67 bits per heavy atom. The van der Waals surface area contributed by atoms with E-state index in [9.17, 15) is 0 Å². The molecule has 0 aliphatic rings. The maximum Gasteiger partial charge on any atom is 0.0314 e. The fraction of sp³-hybridized carbons (Fsp3) is 0.231. The Hall–Kier alpha value is -0.200. The fourth-order valence-corrected chi connectivity index (χ4v) is 3.88. The lowest BCUT2D eigenvalue weighted by Gasteiger charge is -2.15. The number of thiophene rings is 1. The number of halogens is 2. The zero-order valence-corrected chi connectivity index (χ0v) is 13.7. The number of hydrogen-bond acceptors (Lipinski definition) is 3. The molecule has 0 saturated heterocycles. The zero-order chi connectivity index (χ0) is 13.0. The van der Waals surface area contributed by atoms with E-state index in [4.69, 9.17) is 5.84 Å². The van der Waals surface area contributed by atoms with Crippen molar-refractivity contribution in [2.45, 2.75) is 18.9 Å². The fourth-order valence-electron chi connectivity index (χ4n) is 1.83. The SMILES string of the molecule is NNC(Cc1cccc(Br)c1)Cc1sccc1Br. The third kappa shape index (κ3) is 3.90. The second kappa shape index (κ2) is 6.82. The molecule has 96 valence electrons. The lowest BCUT2D eigenvalue weighted by molar-refractivity contribution is 0.525. The van der Waals surface area contributed by atoms with Gasteiger partial charge in [-0.25, -0.2) is 0 Å². The molecule has 0 aliphatic heterocycles. The Kier molecular flexibility index (Phi) is 5.38. The number of nitrogens with one attached hydrogen (secondary N) is 1. The first kappa shape index (κ1) is 14.2. The summed E-state index contributed by atoms with van der Waals surface area (Å²) in [6, 6.07) is 10.7. The van der Waals surface area contributed by atoms with Gasteiger partial charge >= 0.3 is 0 Å². The highest BCUT2D eigenvalue weighted by Gasteiger charge is 2.12. The number of benzene rings is 1. The average molecular weight is 390 g/mol. The molecule has 18 heavy (non-hydrogen) atoms. The lowest BCUT2D eigenvalue weighted by Crippen LogP contribution is -2.38. The van der Waals surface area contributed by atoms with Crippen LogP contribution in [0.2, 0.25) is 0 Å². The molecule has 1 atom stereocenters. The molecule has 0 bridgehead atoms. The van der Waals surface area contributed by atoms with Gasteiger partial charge < -0.3 is 0 Å². The molecule has 1 aromatic heterocycles. The Morgan fingerprint density at radius 1 is 1.22 bits per heavy atom. The summed E-state index contributed by atoms with van der Waals surface area (Å²) < 4.78 is 2.27. The van der Waals surface area contributed by atoms with E-state index in [1.165, 1.54) is 14.9 Å². The van der Waals surface area contributed by atoms with Gasteiger partial charge in [0.05, 0.1) is 0 Å². The molecule has 1 heterocycles. The van der Waals surface area contributed by atoms with Crippen molar-refractivity contribution in [1.29, 1.82) is 0 Å². The summed E-state index contributed by atoms with van der Waals surface area (Å²) in [4.78, 5) is 1.33. The van der Waals surface area contributed by atoms with Crippen molar-refractivity contribution < 1.29 is 0 Å². The maximum atomic E-state index is 5.65. The molecule has 0 spiro atoms. The van der Waals surface area contributed by atoms with E-state index in [1.54, 1.807) is 11.3 Å². The van der Waals surface area contributed by atoms with Crippen LogP contribution >= 0.6 is 43.2 Å². The van der Waals surface area contributed by atoms with Crippen LogP contribution in [0.5, 0.6) is 0 Å². The molecule has 2 nitrogen and oxygen atoms in total. The van der Waals surface area contributed by atoms with E-state index in [2.05, 4.69) is 60.9 Å². The topological polar surface area (TPSA) is 38.0 Å². The van der Waals surface area contributed by atoms with E-state index in [0.717, 1.165) is 17.3 Å². The molecule has 5 heteroatoms. The van der Waals surface area contributed by atoms with E-state index in [1.807, 2.05) is 12.1 Å². The van der Waals surface area contributed by atoms with Crippen molar-refractivity contribution in [1.82, 2.24) is 5.43 Å². The van der Waals surface area contributed by atoms with Gasteiger partial charge in [0.2, 0.25) is 0 Å². The second-order valence-corrected chi connectivity index (χ2v) is 6.86. The summed E-state index contributed by atoms with van der Waals surface area (Å²) in [6.07, 6.45) is 1.85. The Morgan fingerprint density at radius 2 is 2.06 bits per heavy atom. The molecule has 0 aliphatic carbocycles. The van der Waals surface area contributed by atoms with Crippen molar-refractivity contribution in [3.05, 3.63) is 55.1 Å². The molecule has 2 rings (SSSR count).